The van der Waals surface area contributed by atoms with Gasteiger partial charge < -0.3 is 0 Å². The maximum absolute atomic E-state index is 12.2. The van der Waals surface area contributed by atoms with E-state index in [9.17, 15) is 13.2 Å². The summed E-state index contributed by atoms with van der Waals surface area (Å²) < 4.78 is 25.3. The summed E-state index contributed by atoms with van der Waals surface area (Å²) in [6, 6.07) is 6.11. The Labute approximate surface area is 125 Å². The highest BCUT2D eigenvalue weighted by Gasteiger charge is 2.19. The molecule has 1 fully saturated rings. The summed E-state index contributed by atoms with van der Waals surface area (Å²) >= 11 is 0. The van der Waals surface area contributed by atoms with Gasteiger partial charge in [0.1, 0.15) is 0 Å². The van der Waals surface area contributed by atoms with Crippen LogP contribution in [0, 0.1) is 0 Å². The zero-order chi connectivity index (χ0) is 15.5. The van der Waals surface area contributed by atoms with Crippen LogP contribution in [0.3, 0.4) is 0 Å². The van der Waals surface area contributed by atoms with Crippen molar-refractivity contribution in [2.45, 2.75) is 24.2 Å². The molecule has 0 aliphatic carbocycles. The van der Waals surface area contributed by atoms with Crippen molar-refractivity contribution in [1.82, 2.24) is 14.7 Å². The van der Waals surface area contributed by atoms with E-state index in [1.54, 1.807) is 12.1 Å². The van der Waals surface area contributed by atoms with Crippen LogP contribution in [0.5, 0.6) is 0 Å². The highest BCUT2D eigenvalue weighted by molar-refractivity contribution is 7.89. The van der Waals surface area contributed by atoms with Gasteiger partial charge in [-0.25, -0.2) is 17.7 Å². The summed E-state index contributed by atoms with van der Waals surface area (Å²) in [7, 11) is -0.590. The van der Waals surface area contributed by atoms with E-state index in [1.807, 2.05) is 5.01 Å². The lowest BCUT2D eigenvalue weighted by Crippen LogP contribution is -2.45. The molecule has 1 aliphatic rings. The van der Waals surface area contributed by atoms with Crippen molar-refractivity contribution < 1.29 is 13.2 Å². The molecule has 1 aromatic rings. The largest absolute Gasteiger partial charge is 0.285 e. The predicted octanol–water partition coefficient (Wildman–Crippen LogP) is 1.07. The Kier molecular flexibility index (Phi) is 4.97. The molecule has 21 heavy (non-hydrogen) atoms. The first-order valence-corrected chi connectivity index (χ1v) is 8.44. The average molecular weight is 311 g/mol. The number of sulfonamides is 1. The second kappa shape index (κ2) is 6.55. The van der Waals surface area contributed by atoms with Crippen LogP contribution >= 0.6 is 0 Å². The van der Waals surface area contributed by atoms with Crippen LogP contribution < -0.4 is 5.43 Å². The number of carbonyl (C=O) groups is 1. The van der Waals surface area contributed by atoms with Crippen LogP contribution in [0.4, 0.5) is 0 Å². The third-order valence-corrected chi connectivity index (χ3v) is 5.30. The van der Waals surface area contributed by atoms with Crippen molar-refractivity contribution in [3.05, 3.63) is 29.8 Å². The molecule has 7 heteroatoms. The van der Waals surface area contributed by atoms with Gasteiger partial charge in [0.2, 0.25) is 10.0 Å². The highest BCUT2D eigenvalue weighted by Crippen LogP contribution is 2.15. The van der Waals surface area contributed by atoms with Gasteiger partial charge in [-0.1, -0.05) is 12.5 Å². The number of carbonyl (C=O) groups excluding carboxylic acids is 1. The van der Waals surface area contributed by atoms with Gasteiger partial charge in [0.05, 0.1) is 4.90 Å². The van der Waals surface area contributed by atoms with Crippen LogP contribution in [0.25, 0.3) is 0 Å². The molecule has 2 rings (SSSR count). The molecule has 116 valence electrons. The number of piperidine rings is 1. The molecule has 1 amide bonds. The number of nitrogens with zero attached hydrogens (tertiary/aromatic N) is 2. The first-order chi connectivity index (χ1) is 9.91. The van der Waals surface area contributed by atoms with E-state index in [4.69, 9.17) is 0 Å². The normalized spacial score (nSPS) is 16.9. The van der Waals surface area contributed by atoms with Crippen LogP contribution in [0.1, 0.15) is 29.6 Å². The second-order valence-corrected chi connectivity index (χ2v) is 7.46. The molecule has 0 atom stereocenters. The first-order valence-electron chi connectivity index (χ1n) is 7.00. The van der Waals surface area contributed by atoms with Crippen LogP contribution in [-0.2, 0) is 10.0 Å². The minimum absolute atomic E-state index is 0.124. The Hall–Kier alpha value is -1.44. The molecule has 0 spiro atoms. The van der Waals surface area contributed by atoms with Crippen molar-refractivity contribution in [2.75, 3.05) is 27.2 Å². The van der Waals surface area contributed by atoms with E-state index >= 15 is 0 Å². The van der Waals surface area contributed by atoms with Gasteiger partial charge >= 0.3 is 0 Å². The Morgan fingerprint density at radius 2 is 1.86 bits per heavy atom. The SMILES string of the molecule is CN(C)S(=O)(=O)c1cccc(C(=O)NN2CCCCC2)c1. The number of hydrazine groups is 1. The zero-order valence-corrected chi connectivity index (χ0v) is 13.2. The Morgan fingerprint density at radius 1 is 1.19 bits per heavy atom. The molecule has 0 unspecified atom stereocenters. The molecule has 0 radical (unpaired) electrons. The fraction of sp³-hybridized carbons (Fsp3) is 0.500. The van der Waals surface area contributed by atoms with Crippen molar-refractivity contribution >= 4 is 15.9 Å². The molecule has 1 aliphatic heterocycles. The van der Waals surface area contributed by atoms with Gasteiger partial charge in [0, 0.05) is 32.7 Å². The lowest BCUT2D eigenvalue weighted by Gasteiger charge is -2.26. The van der Waals surface area contributed by atoms with Gasteiger partial charge in [-0.2, -0.15) is 0 Å². The fourth-order valence-electron chi connectivity index (χ4n) is 2.22. The topological polar surface area (TPSA) is 69.7 Å². The maximum atomic E-state index is 12.2. The molecule has 6 nitrogen and oxygen atoms in total. The number of hydrogen-bond acceptors (Lipinski definition) is 4. The summed E-state index contributed by atoms with van der Waals surface area (Å²) in [6.07, 6.45) is 3.31. The Bertz CT molecular complexity index is 608. The predicted molar refractivity (Wildman–Crippen MR) is 80.2 cm³/mol. The quantitative estimate of drug-likeness (QED) is 0.903. The average Bonchev–Trinajstić information content (AvgIpc) is 2.48. The van der Waals surface area contributed by atoms with E-state index in [1.165, 1.54) is 32.6 Å². The summed E-state index contributed by atoms with van der Waals surface area (Å²) in [5.41, 5.74) is 3.18. The standard InChI is InChI=1S/C14H21N3O3S/c1-16(2)21(19,20)13-8-6-7-12(11-13)14(18)15-17-9-4-3-5-10-17/h6-8,11H,3-5,9-10H2,1-2H3,(H,15,18). The number of rotatable bonds is 4. The number of benzene rings is 1. The molecule has 0 bridgehead atoms. The van der Waals surface area contributed by atoms with Crippen LogP contribution in [-0.4, -0.2) is 50.8 Å². The van der Waals surface area contributed by atoms with Crippen LogP contribution in [0.15, 0.2) is 29.2 Å². The van der Waals surface area contributed by atoms with Crippen molar-refractivity contribution in [1.29, 1.82) is 0 Å². The van der Waals surface area contributed by atoms with Gasteiger partial charge in [0.25, 0.3) is 5.91 Å². The van der Waals surface area contributed by atoms with E-state index in [2.05, 4.69) is 5.43 Å². The lowest BCUT2D eigenvalue weighted by atomic mass is 10.1. The first kappa shape index (κ1) is 15.9. The summed E-state index contributed by atoms with van der Waals surface area (Å²) in [4.78, 5) is 12.3. The van der Waals surface area contributed by atoms with E-state index in [0.29, 0.717) is 5.56 Å². The van der Waals surface area contributed by atoms with Gasteiger partial charge in [-0.3, -0.25) is 10.2 Å². The Balaban J connectivity index is 2.15. The summed E-state index contributed by atoms with van der Waals surface area (Å²) in [5.74, 6) is -0.271. The number of amides is 1. The minimum Gasteiger partial charge on any atom is -0.285 e. The van der Waals surface area contributed by atoms with Crippen molar-refractivity contribution in [3.63, 3.8) is 0 Å². The molecule has 0 saturated carbocycles. The van der Waals surface area contributed by atoms with Crippen LogP contribution in [0.2, 0.25) is 0 Å². The molecule has 1 aromatic carbocycles. The molecular weight excluding hydrogens is 290 g/mol. The summed E-state index contributed by atoms with van der Waals surface area (Å²) in [6.45, 7) is 1.67. The number of nitrogens with one attached hydrogen (secondary N) is 1. The van der Waals surface area contributed by atoms with Gasteiger partial charge in [-0.05, 0) is 31.0 Å². The van der Waals surface area contributed by atoms with E-state index in [-0.39, 0.29) is 10.8 Å². The van der Waals surface area contributed by atoms with E-state index in [0.717, 1.165) is 30.2 Å². The minimum atomic E-state index is -3.53. The summed E-state index contributed by atoms with van der Waals surface area (Å²) in [5, 5.41) is 1.89. The lowest BCUT2D eigenvalue weighted by molar-refractivity contribution is 0.0750. The third-order valence-electron chi connectivity index (χ3n) is 3.49. The fourth-order valence-corrected chi connectivity index (χ4v) is 3.17. The maximum Gasteiger partial charge on any atom is 0.265 e. The molecule has 1 saturated heterocycles. The Morgan fingerprint density at radius 3 is 2.48 bits per heavy atom. The molecular formula is C14H21N3O3S. The van der Waals surface area contributed by atoms with Crippen molar-refractivity contribution in [2.24, 2.45) is 0 Å². The zero-order valence-electron chi connectivity index (χ0n) is 12.4. The third kappa shape index (κ3) is 3.81. The smallest absolute Gasteiger partial charge is 0.265 e. The molecule has 0 aromatic heterocycles. The highest BCUT2D eigenvalue weighted by atomic mass is 32.2. The molecule has 1 N–H and O–H groups in total. The monoisotopic (exact) mass is 311 g/mol. The molecule has 1 heterocycles. The van der Waals surface area contributed by atoms with Gasteiger partial charge in [0.15, 0.2) is 0 Å². The van der Waals surface area contributed by atoms with Crippen molar-refractivity contribution in [3.8, 4) is 0 Å². The van der Waals surface area contributed by atoms with E-state index < -0.39 is 10.0 Å². The number of hydrogen-bond donors (Lipinski definition) is 1. The van der Waals surface area contributed by atoms with Gasteiger partial charge in [-0.15, -0.1) is 0 Å². The second-order valence-electron chi connectivity index (χ2n) is 5.30.